The molecule has 80 valence electrons. The van der Waals surface area contributed by atoms with Gasteiger partial charge in [0, 0.05) is 14.3 Å². The van der Waals surface area contributed by atoms with Gasteiger partial charge in [-0.1, -0.05) is 6.92 Å². The number of benzene rings is 1. The molecule has 0 bridgehead atoms. The van der Waals surface area contributed by atoms with Crippen LogP contribution in [0.15, 0.2) is 17.0 Å². The molecule has 0 heterocycles. The van der Waals surface area contributed by atoms with E-state index in [1.165, 1.54) is 6.07 Å². The number of halogens is 2. The number of rotatable bonds is 2. The Hall–Kier alpha value is -0.320. The third-order valence-corrected chi connectivity index (χ3v) is 4.52. The Bertz CT molecular complexity index is 534. The van der Waals surface area contributed by atoms with Gasteiger partial charge in [0.25, 0.3) is 9.05 Å². The summed E-state index contributed by atoms with van der Waals surface area (Å²) in [7, 11) is 1.58. The van der Waals surface area contributed by atoms with E-state index in [-0.39, 0.29) is 4.90 Å². The number of nitriles is 1. The van der Waals surface area contributed by atoms with Crippen molar-refractivity contribution >= 4 is 42.3 Å². The van der Waals surface area contributed by atoms with Crippen molar-refractivity contribution in [3.05, 3.63) is 26.8 Å². The summed E-state index contributed by atoms with van der Waals surface area (Å²) in [6.07, 6.45) is 0.521. The van der Waals surface area contributed by atoms with Gasteiger partial charge in [0.1, 0.15) is 0 Å². The van der Waals surface area contributed by atoms with Crippen LogP contribution < -0.4 is 0 Å². The maximum atomic E-state index is 11.3. The smallest absolute Gasteiger partial charge is 0.207 e. The molecule has 1 aromatic rings. The minimum absolute atomic E-state index is 0.117. The molecule has 0 spiro atoms. The Morgan fingerprint density at radius 3 is 2.53 bits per heavy atom. The number of nitrogens with zero attached hydrogens (tertiary/aromatic N) is 1. The topological polar surface area (TPSA) is 57.9 Å². The molecule has 0 N–H and O–H groups in total. The van der Waals surface area contributed by atoms with Gasteiger partial charge >= 0.3 is 0 Å². The zero-order valence-corrected chi connectivity index (χ0v) is 11.5. The highest BCUT2D eigenvalue weighted by molar-refractivity contribution is 14.1. The van der Waals surface area contributed by atoms with E-state index in [4.69, 9.17) is 15.9 Å². The van der Waals surface area contributed by atoms with E-state index < -0.39 is 9.05 Å². The Kier molecular flexibility index (Phi) is 3.98. The van der Waals surface area contributed by atoms with Crippen molar-refractivity contribution < 1.29 is 8.42 Å². The average Bonchev–Trinajstić information content (AvgIpc) is 2.14. The van der Waals surface area contributed by atoms with Crippen LogP contribution in [0.3, 0.4) is 0 Å². The monoisotopic (exact) mass is 355 g/mol. The van der Waals surface area contributed by atoms with Crippen LogP contribution in [0, 0.1) is 14.9 Å². The van der Waals surface area contributed by atoms with Crippen LogP contribution in [0.2, 0.25) is 0 Å². The first-order valence-corrected chi connectivity index (χ1v) is 7.46. The summed E-state index contributed by atoms with van der Waals surface area (Å²) in [4.78, 5) is 0.117. The van der Waals surface area contributed by atoms with E-state index in [2.05, 4.69) is 0 Å². The summed E-state index contributed by atoms with van der Waals surface area (Å²) < 4.78 is 23.1. The van der Waals surface area contributed by atoms with Gasteiger partial charge in [-0.05, 0) is 46.7 Å². The number of hydrogen-bond acceptors (Lipinski definition) is 3. The molecular formula is C9H7ClINO2S. The lowest BCUT2D eigenvalue weighted by molar-refractivity contribution is 0.608. The minimum Gasteiger partial charge on any atom is -0.207 e. The fraction of sp³-hybridized carbons (Fsp3) is 0.222. The van der Waals surface area contributed by atoms with Gasteiger partial charge in [0.15, 0.2) is 0 Å². The summed E-state index contributed by atoms with van der Waals surface area (Å²) in [5.41, 5.74) is 1.02. The van der Waals surface area contributed by atoms with E-state index in [1.807, 2.05) is 35.6 Å². The molecule has 3 nitrogen and oxygen atoms in total. The molecule has 0 saturated heterocycles. The third-order valence-electron chi connectivity index (χ3n) is 1.87. The highest BCUT2D eigenvalue weighted by atomic mass is 127. The predicted molar refractivity (Wildman–Crippen MR) is 66.3 cm³/mol. The molecule has 0 amide bonds. The number of aryl methyl sites for hydroxylation is 1. The zero-order chi connectivity index (χ0) is 11.6. The van der Waals surface area contributed by atoms with Crippen molar-refractivity contribution in [2.24, 2.45) is 0 Å². The molecular weight excluding hydrogens is 349 g/mol. The molecule has 0 saturated carbocycles. The lowest BCUT2D eigenvalue weighted by atomic mass is 10.1. The molecule has 6 heteroatoms. The SMILES string of the molecule is CCc1cc(C#N)cc(I)c1S(=O)(=O)Cl. The molecule has 0 fully saturated rings. The second kappa shape index (κ2) is 4.68. The third kappa shape index (κ3) is 2.83. The van der Waals surface area contributed by atoms with Gasteiger partial charge in [0.05, 0.1) is 16.5 Å². The van der Waals surface area contributed by atoms with Crippen molar-refractivity contribution in [1.29, 1.82) is 5.26 Å². The Morgan fingerprint density at radius 1 is 1.53 bits per heavy atom. The summed E-state index contributed by atoms with van der Waals surface area (Å²) in [6, 6.07) is 5.04. The molecule has 0 unspecified atom stereocenters. The minimum atomic E-state index is -3.75. The summed E-state index contributed by atoms with van der Waals surface area (Å²) in [5.74, 6) is 0. The zero-order valence-electron chi connectivity index (χ0n) is 7.79. The van der Waals surface area contributed by atoms with E-state index in [0.29, 0.717) is 21.1 Å². The first-order chi connectivity index (χ1) is 6.90. The molecule has 1 aromatic carbocycles. The van der Waals surface area contributed by atoms with E-state index >= 15 is 0 Å². The lowest BCUT2D eigenvalue weighted by Crippen LogP contribution is -2.01. The van der Waals surface area contributed by atoms with Gasteiger partial charge in [-0.2, -0.15) is 5.26 Å². The predicted octanol–water partition coefficient (Wildman–Crippen LogP) is 2.65. The van der Waals surface area contributed by atoms with Gasteiger partial charge < -0.3 is 0 Å². The van der Waals surface area contributed by atoms with Crippen molar-refractivity contribution in [3.8, 4) is 6.07 Å². The Morgan fingerprint density at radius 2 is 2.13 bits per heavy atom. The molecule has 0 radical (unpaired) electrons. The summed E-state index contributed by atoms with van der Waals surface area (Å²) >= 11 is 1.87. The van der Waals surface area contributed by atoms with E-state index in [0.717, 1.165) is 0 Å². The van der Waals surface area contributed by atoms with Gasteiger partial charge in [-0.25, -0.2) is 8.42 Å². The first kappa shape index (κ1) is 12.7. The fourth-order valence-corrected chi connectivity index (χ4v) is 4.55. The molecule has 0 aliphatic carbocycles. The Labute approximate surface area is 107 Å². The summed E-state index contributed by atoms with van der Waals surface area (Å²) in [6.45, 7) is 1.82. The van der Waals surface area contributed by atoms with Crippen molar-refractivity contribution in [3.63, 3.8) is 0 Å². The molecule has 0 aromatic heterocycles. The van der Waals surface area contributed by atoms with Crippen LogP contribution in [0.5, 0.6) is 0 Å². The molecule has 1 rings (SSSR count). The van der Waals surface area contributed by atoms with Crippen LogP contribution >= 0.6 is 33.3 Å². The van der Waals surface area contributed by atoms with Crippen LogP contribution in [0.1, 0.15) is 18.1 Å². The largest absolute Gasteiger partial charge is 0.262 e. The molecule has 0 aliphatic heterocycles. The second-order valence-electron chi connectivity index (χ2n) is 2.85. The highest BCUT2D eigenvalue weighted by Crippen LogP contribution is 2.27. The van der Waals surface area contributed by atoms with Crippen molar-refractivity contribution in [2.75, 3.05) is 0 Å². The van der Waals surface area contributed by atoms with E-state index in [9.17, 15) is 8.42 Å². The lowest BCUT2D eigenvalue weighted by Gasteiger charge is -2.07. The summed E-state index contributed by atoms with van der Waals surface area (Å²) in [5, 5.41) is 8.74. The highest BCUT2D eigenvalue weighted by Gasteiger charge is 2.19. The van der Waals surface area contributed by atoms with Crippen LogP contribution in [-0.2, 0) is 15.5 Å². The second-order valence-corrected chi connectivity index (χ2v) is 6.51. The van der Waals surface area contributed by atoms with Crippen molar-refractivity contribution in [2.45, 2.75) is 18.2 Å². The molecule has 0 aliphatic rings. The van der Waals surface area contributed by atoms with Crippen LogP contribution in [-0.4, -0.2) is 8.42 Å². The van der Waals surface area contributed by atoms with Gasteiger partial charge in [-0.3, -0.25) is 0 Å². The van der Waals surface area contributed by atoms with Crippen LogP contribution in [0.4, 0.5) is 0 Å². The normalized spacial score (nSPS) is 11.1. The number of hydrogen-bond donors (Lipinski definition) is 0. The molecule has 15 heavy (non-hydrogen) atoms. The van der Waals surface area contributed by atoms with Crippen LogP contribution in [0.25, 0.3) is 0 Å². The quantitative estimate of drug-likeness (QED) is 0.605. The Balaban J connectivity index is 3.61. The van der Waals surface area contributed by atoms with Crippen molar-refractivity contribution in [1.82, 2.24) is 0 Å². The standard InChI is InChI=1S/C9H7ClINO2S/c1-2-7-3-6(5-12)4-8(11)9(7)15(10,13)14/h3-4H,2H2,1H3. The van der Waals surface area contributed by atoms with Gasteiger partial charge in [-0.15, -0.1) is 0 Å². The maximum Gasteiger partial charge on any atom is 0.262 e. The molecule has 0 atom stereocenters. The first-order valence-electron chi connectivity index (χ1n) is 4.07. The maximum absolute atomic E-state index is 11.3. The van der Waals surface area contributed by atoms with E-state index in [1.54, 1.807) is 6.07 Å². The van der Waals surface area contributed by atoms with Gasteiger partial charge in [0.2, 0.25) is 0 Å². The fourth-order valence-electron chi connectivity index (χ4n) is 1.25. The average molecular weight is 356 g/mol.